The summed E-state index contributed by atoms with van der Waals surface area (Å²) in [5.74, 6) is 0.853. The second-order valence-electron chi connectivity index (χ2n) is 5.01. The van der Waals surface area contributed by atoms with Crippen LogP contribution in [-0.4, -0.2) is 28.3 Å². The van der Waals surface area contributed by atoms with E-state index in [2.05, 4.69) is 6.26 Å². The maximum absolute atomic E-state index is 11.9. The summed E-state index contributed by atoms with van der Waals surface area (Å²) in [6.45, 7) is 0. The standard InChI is InChI=1S/C13H21O2S/c1-16(12-8-4-2-6-10(12)14)13-9-5-3-7-11(13)15/h12-13H,2-9H2,1H3/q+1. The molecule has 0 amide bonds. The lowest BCUT2D eigenvalue weighted by molar-refractivity contribution is -0.119. The minimum Gasteiger partial charge on any atom is -0.294 e. The molecule has 90 valence electrons. The summed E-state index contributed by atoms with van der Waals surface area (Å²) in [4.78, 5) is 23.8. The van der Waals surface area contributed by atoms with Crippen LogP contribution < -0.4 is 0 Å². The van der Waals surface area contributed by atoms with Gasteiger partial charge in [0.05, 0.1) is 6.26 Å². The van der Waals surface area contributed by atoms with E-state index in [4.69, 9.17) is 0 Å². The van der Waals surface area contributed by atoms with Gasteiger partial charge in [0.15, 0.2) is 22.1 Å². The summed E-state index contributed by atoms with van der Waals surface area (Å²) < 4.78 is 0. The number of hydrogen-bond donors (Lipinski definition) is 0. The largest absolute Gasteiger partial charge is 0.294 e. The van der Waals surface area contributed by atoms with Crippen molar-refractivity contribution in [3.63, 3.8) is 0 Å². The molecule has 2 aliphatic carbocycles. The van der Waals surface area contributed by atoms with Crippen LogP contribution in [-0.2, 0) is 20.5 Å². The van der Waals surface area contributed by atoms with Crippen LogP contribution in [0.5, 0.6) is 0 Å². The first-order chi connectivity index (χ1) is 7.70. The molecule has 2 rings (SSSR count). The molecule has 0 aliphatic heterocycles. The number of ketones is 2. The third-order valence-corrected chi connectivity index (χ3v) is 6.69. The van der Waals surface area contributed by atoms with E-state index >= 15 is 0 Å². The van der Waals surface area contributed by atoms with Gasteiger partial charge in [-0.2, -0.15) is 0 Å². The smallest absolute Gasteiger partial charge is 0.184 e. The van der Waals surface area contributed by atoms with Crippen LogP contribution in [0.1, 0.15) is 51.4 Å². The molecule has 2 aliphatic rings. The van der Waals surface area contributed by atoms with Crippen LogP contribution >= 0.6 is 0 Å². The zero-order chi connectivity index (χ0) is 11.5. The fourth-order valence-electron chi connectivity index (χ4n) is 2.89. The molecular weight excluding hydrogens is 220 g/mol. The quantitative estimate of drug-likeness (QED) is 0.695. The Labute approximate surface area is 101 Å². The van der Waals surface area contributed by atoms with Crippen LogP contribution in [0.3, 0.4) is 0 Å². The fraction of sp³-hybridized carbons (Fsp3) is 0.846. The third-order valence-electron chi connectivity index (χ3n) is 3.89. The average Bonchev–Trinajstić information content (AvgIpc) is 2.29. The van der Waals surface area contributed by atoms with E-state index in [0.29, 0.717) is 11.6 Å². The summed E-state index contributed by atoms with van der Waals surface area (Å²) in [6.07, 6.45) is 10.2. The van der Waals surface area contributed by atoms with Gasteiger partial charge in [-0.15, -0.1) is 0 Å². The maximum Gasteiger partial charge on any atom is 0.184 e. The molecule has 0 aromatic rings. The maximum atomic E-state index is 11.9. The molecule has 2 unspecified atom stereocenters. The Bertz CT molecular complexity index is 260. The molecule has 0 aromatic carbocycles. The van der Waals surface area contributed by atoms with E-state index in [1.54, 1.807) is 0 Å². The molecular formula is C13H21O2S+. The number of carbonyl (C=O) groups excluding carboxylic acids is 2. The molecule has 3 heteroatoms. The minimum atomic E-state index is -0.00216. The molecule has 0 saturated heterocycles. The summed E-state index contributed by atoms with van der Waals surface area (Å²) in [6, 6.07) is 0. The SMILES string of the molecule is C[S+](C1CCCCC1=O)C1CCCCC1=O. The van der Waals surface area contributed by atoms with Crippen molar-refractivity contribution < 1.29 is 9.59 Å². The van der Waals surface area contributed by atoms with Gasteiger partial charge in [0.1, 0.15) is 0 Å². The Kier molecular flexibility index (Phi) is 4.06. The molecule has 0 aromatic heterocycles. The van der Waals surface area contributed by atoms with Crippen LogP contribution in [0.15, 0.2) is 0 Å². The molecule has 0 heterocycles. The summed E-state index contributed by atoms with van der Waals surface area (Å²) in [5, 5.41) is 0.418. The van der Waals surface area contributed by atoms with Crippen molar-refractivity contribution >= 4 is 22.5 Å². The zero-order valence-electron chi connectivity index (χ0n) is 10.0. The lowest BCUT2D eigenvalue weighted by Gasteiger charge is -2.26. The van der Waals surface area contributed by atoms with Crippen LogP contribution in [0, 0.1) is 0 Å². The minimum absolute atomic E-state index is 0.00216. The molecule has 2 atom stereocenters. The highest BCUT2D eigenvalue weighted by Gasteiger charge is 2.43. The van der Waals surface area contributed by atoms with Crippen molar-refractivity contribution in [2.75, 3.05) is 6.26 Å². The Morgan fingerprint density at radius 1 is 0.875 bits per heavy atom. The average molecular weight is 241 g/mol. The van der Waals surface area contributed by atoms with Gasteiger partial charge in [0.2, 0.25) is 0 Å². The number of Topliss-reactive ketones (excluding diaryl/α,β-unsaturated/α-hetero) is 2. The molecule has 2 saturated carbocycles. The number of hydrogen-bond acceptors (Lipinski definition) is 2. The van der Waals surface area contributed by atoms with Crippen molar-refractivity contribution in [2.45, 2.75) is 61.9 Å². The summed E-state index contributed by atoms with van der Waals surface area (Å²) in [7, 11) is -0.00216. The Morgan fingerprint density at radius 3 is 1.69 bits per heavy atom. The highest BCUT2D eigenvalue weighted by atomic mass is 32.2. The molecule has 2 fully saturated rings. The van der Waals surface area contributed by atoms with Crippen molar-refractivity contribution in [3.05, 3.63) is 0 Å². The highest BCUT2D eigenvalue weighted by molar-refractivity contribution is 7.98. The van der Waals surface area contributed by atoms with Crippen molar-refractivity contribution in [2.24, 2.45) is 0 Å². The predicted molar refractivity (Wildman–Crippen MR) is 67.8 cm³/mol. The van der Waals surface area contributed by atoms with Gasteiger partial charge in [-0.25, -0.2) is 0 Å². The molecule has 0 radical (unpaired) electrons. The normalized spacial score (nSPS) is 33.8. The van der Waals surface area contributed by atoms with E-state index in [1.165, 1.54) is 12.8 Å². The van der Waals surface area contributed by atoms with Crippen LogP contribution in [0.2, 0.25) is 0 Å². The Morgan fingerprint density at radius 2 is 1.31 bits per heavy atom. The van der Waals surface area contributed by atoms with Gasteiger partial charge in [0.25, 0.3) is 0 Å². The van der Waals surface area contributed by atoms with Crippen molar-refractivity contribution in [3.8, 4) is 0 Å². The van der Waals surface area contributed by atoms with E-state index in [1.807, 2.05) is 0 Å². The first-order valence-corrected chi connectivity index (χ1v) is 8.15. The number of rotatable bonds is 2. The van der Waals surface area contributed by atoms with Gasteiger partial charge in [-0.05, 0) is 25.7 Å². The Balaban J connectivity index is 2.01. The lowest BCUT2D eigenvalue weighted by Crippen LogP contribution is -2.43. The molecule has 0 N–H and O–H groups in total. The fourth-order valence-corrected chi connectivity index (χ4v) is 5.43. The second-order valence-corrected chi connectivity index (χ2v) is 7.36. The van der Waals surface area contributed by atoms with Gasteiger partial charge in [-0.1, -0.05) is 0 Å². The van der Waals surface area contributed by atoms with Crippen LogP contribution in [0.4, 0.5) is 0 Å². The molecule has 16 heavy (non-hydrogen) atoms. The Hall–Kier alpha value is -0.310. The zero-order valence-corrected chi connectivity index (χ0v) is 10.9. The highest BCUT2D eigenvalue weighted by Crippen LogP contribution is 2.29. The molecule has 2 nitrogen and oxygen atoms in total. The lowest BCUT2D eigenvalue weighted by atomic mass is 9.98. The monoisotopic (exact) mass is 241 g/mol. The van der Waals surface area contributed by atoms with Crippen molar-refractivity contribution in [1.29, 1.82) is 0 Å². The number of carbonyl (C=O) groups is 2. The van der Waals surface area contributed by atoms with E-state index in [9.17, 15) is 9.59 Å². The second kappa shape index (κ2) is 5.35. The van der Waals surface area contributed by atoms with Gasteiger partial charge >= 0.3 is 0 Å². The van der Waals surface area contributed by atoms with Gasteiger partial charge in [-0.3, -0.25) is 9.59 Å². The first kappa shape index (κ1) is 12.2. The van der Waals surface area contributed by atoms with Crippen molar-refractivity contribution in [1.82, 2.24) is 0 Å². The topological polar surface area (TPSA) is 34.1 Å². The molecule has 0 spiro atoms. The van der Waals surface area contributed by atoms with Crippen LogP contribution in [0.25, 0.3) is 0 Å². The van der Waals surface area contributed by atoms with E-state index in [0.717, 1.165) is 38.5 Å². The third kappa shape index (κ3) is 2.50. The van der Waals surface area contributed by atoms with Gasteiger partial charge < -0.3 is 0 Å². The van der Waals surface area contributed by atoms with E-state index in [-0.39, 0.29) is 21.4 Å². The van der Waals surface area contributed by atoms with Gasteiger partial charge in [0, 0.05) is 36.6 Å². The molecule has 0 bridgehead atoms. The predicted octanol–water partition coefficient (Wildman–Crippen LogP) is 2.26. The van der Waals surface area contributed by atoms with E-state index < -0.39 is 0 Å². The summed E-state index contributed by atoms with van der Waals surface area (Å²) >= 11 is 0. The first-order valence-electron chi connectivity index (χ1n) is 6.39. The summed E-state index contributed by atoms with van der Waals surface area (Å²) in [5.41, 5.74) is 0.